The third-order valence-corrected chi connectivity index (χ3v) is 6.56. The van der Waals surface area contributed by atoms with E-state index in [1.54, 1.807) is 35.4 Å². The molecule has 0 bridgehead atoms. The summed E-state index contributed by atoms with van der Waals surface area (Å²) in [4.78, 5) is 11.1. The van der Waals surface area contributed by atoms with Crippen LogP contribution in [0.5, 0.6) is 5.75 Å². The van der Waals surface area contributed by atoms with E-state index in [-0.39, 0.29) is 5.82 Å². The second-order valence-corrected chi connectivity index (χ2v) is 8.76. The number of hydrogen-bond donors (Lipinski definition) is 0. The van der Waals surface area contributed by atoms with Crippen molar-refractivity contribution in [3.8, 4) is 27.7 Å². The number of halogens is 1. The zero-order valence-electron chi connectivity index (χ0n) is 18.3. The minimum absolute atomic E-state index is 0.279. The number of methoxy groups -OCH3 is 1. The lowest BCUT2D eigenvalue weighted by Crippen LogP contribution is -2.46. The van der Waals surface area contributed by atoms with Crippen LogP contribution < -0.4 is 4.74 Å². The van der Waals surface area contributed by atoms with E-state index >= 15 is 0 Å². The number of benzene rings is 2. The summed E-state index contributed by atoms with van der Waals surface area (Å²) in [5, 5.41) is 15.8. The molecule has 170 valence electrons. The number of thiazole rings is 1. The van der Waals surface area contributed by atoms with Gasteiger partial charge in [0.1, 0.15) is 23.2 Å². The van der Waals surface area contributed by atoms with E-state index in [4.69, 9.17) is 9.72 Å². The van der Waals surface area contributed by atoms with Gasteiger partial charge in [0.15, 0.2) is 0 Å². The molecule has 4 aromatic rings. The van der Waals surface area contributed by atoms with Crippen molar-refractivity contribution in [3.05, 3.63) is 65.4 Å². The largest absolute Gasteiger partial charge is 0.497 e. The second kappa shape index (κ2) is 9.74. The van der Waals surface area contributed by atoms with Gasteiger partial charge < -0.3 is 4.74 Å². The Morgan fingerprint density at radius 1 is 0.939 bits per heavy atom. The number of aromatic nitrogens is 5. The Balaban J connectivity index is 1.12. The maximum atomic E-state index is 13.1. The first-order valence-corrected chi connectivity index (χ1v) is 11.6. The Hall–Kier alpha value is -3.21. The molecule has 3 heterocycles. The summed E-state index contributed by atoms with van der Waals surface area (Å²) in [7, 11) is 1.67. The normalized spacial score (nSPS) is 15.1. The number of rotatable bonds is 7. The minimum atomic E-state index is -0.279. The maximum absolute atomic E-state index is 13.1. The van der Waals surface area contributed by atoms with Gasteiger partial charge in [0.05, 0.1) is 12.8 Å². The van der Waals surface area contributed by atoms with Crippen LogP contribution in [-0.2, 0) is 13.2 Å². The first-order valence-electron chi connectivity index (χ1n) is 10.7. The number of nitrogens with zero attached hydrogens (tertiary/aromatic N) is 7. The molecule has 33 heavy (non-hydrogen) atoms. The summed E-state index contributed by atoms with van der Waals surface area (Å²) in [6.45, 7) is 5.17. The number of ether oxygens (including phenoxy) is 1. The van der Waals surface area contributed by atoms with Crippen LogP contribution in [-0.4, -0.2) is 68.3 Å². The Morgan fingerprint density at radius 3 is 2.36 bits per heavy atom. The number of hydrogen-bond acceptors (Lipinski definition) is 8. The molecule has 0 radical (unpaired) electrons. The van der Waals surface area contributed by atoms with Crippen molar-refractivity contribution >= 4 is 11.3 Å². The second-order valence-electron chi connectivity index (χ2n) is 7.90. The molecule has 1 saturated heterocycles. The van der Waals surface area contributed by atoms with Crippen LogP contribution in [0.1, 0.15) is 5.69 Å². The van der Waals surface area contributed by atoms with Crippen LogP contribution >= 0.6 is 11.3 Å². The van der Waals surface area contributed by atoms with Crippen molar-refractivity contribution in [2.24, 2.45) is 0 Å². The quantitative estimate of drug-likeness (QED) is 0.414. The van der Waals surface area contributed by atoms with E-state index in [0.717, 1.165) is 60.3 Å². The summed E-state index contributed by atoms with van der Waals surface area (Å²) in [5.41, 5.74) is 2.96. The SMILES string of the molecule is COc1ccc(-c2nc(CN3CCN(Cn4nnc(-c5ccc(F)cc5)n4)CC3)cs2)cc1. The smallest absolute Gasteiger partial charge is 0.204 e. The summed E-state index contributed by atoms with van der Waals surface area (Å²) in [5.74, 6) is 1.07. The fourth-order valence-electron chi connectivity index (χ4n) is 3.76. The lowest BCUT2D eigenvalue weighted by Gasteiger charge is -2.33. The molecule has 0 atom stereocenters. The number of piperazine rings is 1. The van der Waals surface area contributed by atoms with Gasteiger partial charge in [0, 0.05) is 49.2 Å². The van der Waals surface area contributed by atoms with Gasteiger partial charge in [0.2, 0.25) is 5.82 Å². The Kier molecular flexibility index (Phi) is 6.38. The van der Waals surface area contributed by atoms with Crippen molar-refractivity contribution in [2.75, 3.05) is 33.3 Å². The predicted octanol–water partition coefficient (Wildman–Crippen LogP) is 3.39. The molecule has 0 aliphatic carbocycles. The van der Waals surface area contributed by atoms with Gasteiger partial charge in [-0.25, -0.2) is 9.37 Å². The molecular weight excluding hydrogens is 441 g/mol. The van der Waals surface area contributed by atoms with Gasteiger partial charge in [-0.2, -0.15) is 0 Å². The Bertz CT molecular complexity index is 1180. The van der Waals surface area contributed by atoms with Crippen LogP contribution in [0, 0.1) is 5.82 Å². The van der Waals surface area contributed by atoms with Gasteiger partial charge in [-0.3, -0.25) is 9.80 Å². The molecular formula is C23H24FN7OS. The van der Waals surface area contributed by atoms with Gasteiger partial charge in [0.25, 0.3) is 0 Å². The molecule has 10 heteroatoms. The molecule has 2 aromatic heterocycles. The van der Waals surface area contributed by atoms with E-state index in [2.05, 4.69) is 30.6 Å². The van der Waals surface area contributed by atoms with Crippen LogP contribution in [0.2, 0.25) is 0 Å². The molecule has 8 nitrogen and oxygen atoms in total. The highest BCUT2D eigenvalue weighted by atomic mass is 32.1. The van der Waals surface area contributed by atoms with Crippen molar-refractivity contribution in [2.45, 2.75) is 13.2 Å². The fraction of sp³-hybridized carbons (Fsp3) is 0.304. The van der Waals surface area contributed by atoms with Crippen molar-refractivity contribution in [1.29, 1.82) is 0 Å². The first-order chi connectivity index (χ1) is 16.2. The predicted molar refractivity (Wildman–Crippen MR) is 124 cm³/mol. The molecule has 1 aliphatic rings. The van der Waals surface area contributed by atoms with Crippen molar-refractivity contribution in [1.82, 2.24) is 35.0 Å². The van der Waals surface area contributed by atoms with Gasteiger partial charge in [-0.1, -0.05) is 0 Å². The zero-order valence-corrected chi connectivity index (χ0v) is 19.1. The molecule has 1 aliphatic heterocycles. The lowest BCUT2D eigenvalue weighted by molar-refractivity contribution is 0.0924. The third kappa shape index (κ3) is 5.24. The molecule has 0 spiro atoms. The summed E-state index contributed by atoms with van der Waals surface area (Å²) in [6, 6.07) is 14.1. The molecule has 0 N–H and O–H groups in total. The van der Waals surface area contributed by atoms with Gasteiger partial charge in [-0.05, 0) is 53.7 Å². The third-order valence-electron chi connectivity index (χ3n) is 5.62. The average molecular weight is 466 g/mol. The monoisotopic (exact) mass is 465 g/mol. The van der Waals surface area contributed by atoms with Crippen molar-refractivity contribution < 1.29 is 9.13 Å². The lowest BCUT2D eigenvalue weighted by atomic mass is 10.2. The Morgan fingerprint density at radius 2 is 1.64 bits per heavy atom. The van der Waals surface area contributed by atoms with Crippen LogP contribution in [0.3, 0.4) is 0 Å². The van der Waals surface area contributed by atoms with Gasteiger partial charge in [-0.15, -0.1) is 26.3 Å². The van der Waals surface area contributed by atoms with Crippen molar-refractivity contribution in [3.63, 3.8) is 0 Å². The molecule has 5 rings (SSSR count). The first kappa shape index (κ1) is 21.6. The summed E-state index contributed by atoms with van der Waals surface area (Å²) < 4.78 is 18.3. The molecule has 0 saturated carbocycles. The maximum Gasteiger partial charge on any atom is 0.204 e. The van der Waals surface area contributed by atoms with Crippen LogP contribution in [0.4, 0.5) is 4.39 Å². The van der Waals surface area contributed by atoms with E-state index < -0.39 is 0 Å². The molecule has 0 unspecified atom stereocenters. The zero-order chi connectivity index (χ0) is 22.6. The molecule has 2 aromatic carbocycles. The van der Waals surface area contributed by atoms with E-state index in [1.165, 1.54) is 12.1 Å². The fourth-order valence-corrected chi connectivity index (χ4v) is 4.58. The van der Waals surface area contributed by atoms with Crippen LogP contribution in [0.15, 0.2) is 53.9 Å². The van der Waals surface area contributed by atoms with E-state index in [1.807, 2.05) is 24.3 Å². The van der Waals surface area contributed by atoms with E-state index in [0.29, 0.717) is 12.5 Å². The van der Waals surface area contributed by atoms with Crippen LogP contribution in [0.25, 0.3) is 22.0 Å². The number of tetrazole rings is 1. The molecule has 1 fully saturated rings. The summed E-state index contributed by atoms with van der Waals surface area (Å²) >= 11 is 1.67. The highest BCUT2D eigenvalue weighted by molar-refractivity contribution is 7.13. The minimum Gasteiger partial charge on any atom is -0.497 e. The average Bonchev–Trinajstić information content (AvgIpc) is 3.51. The topological polar surface area (TPSA) is 72.2 Å². The van der Waals surface area contributed by atoms with E-state index in [9.17, 15) is 4.39 Å². The highest BCUT2D eigenvalue weighted by Gasteiger charge is 2.19. The molecule has 0 amide bonds. The Labute approximate surface area is 195 Å². The highest BCUT2D eigenvalue weighted by Crippen LogP contribution is 2.26. The summed E-state index contributed by atoms with van der Waals surface area (Å²) in [6.07, 6.45) is 0. The standard InChI is InChI=1S/C23H24FN7OS/c1-32-21-8-4-18(5-9-21)23-25-20(15-33-23)14-29-10-12-30(13-11-29)16-31-27-22(26-28-31)17-2-6-19(24)7-3-17/h2-9,15H,10-14,16H2,1H3. The van der Waals surface area contributed by atoms with Gasteiger partial charge >= 0.3 is 0 Å².